The zero-order valence-corrected chi connectivity index (χ0v) is 17.6. The van der Waals surface area contributed by atoms with Crippen molar-refractivity contribution in [3.05, 3.63) is 0 Å². The third kappa shape index (κ3) is 4.70. The van der Waals surface area contributed by atoms with Crippen molar-refractivity contribution in [2.24, 2.45) is 11.8 Å². The van der Waals surface area contributed by atoms with Gasteiger partial charge in [-0.3, -0.25) is 14.9 Å². The van der Waals surface area contributed by atoms with Crippen LogP contribution < -0.4 is 5.32 Å². The molecule has 8 heteroatoms. The molecule has 0 aromatic rings. The number of alkyl halides is 3. The van der Waals surface area contributed by atoms with Crippen molar-refractivity contribution in [2.75, 3.05) is 19.6 Å². The summed E-state index contributed by atoms with van der Waals surface area (Å²) in [5.41, 5.74) is 0. The standard InChI is InChI=1S/C19H30Cl2FN3O2/c1-11(2)17-19(27)25(18-15(22)7-14(21)8-23-18)10-16(26)24(17)9-12-3-5-13(20)6-4-12/h11-15,17-18,23H,3-10H2,1-2H3/t12?,13?,14?,15?,17-,18?/m1/s1. The largest absolute Gasteiger partial charge is 0.329 e. The molecule has 154 valence electrons. The average molecular weight is 422 g/mol. The lowest BCUT2D eigenvalue weighted by molar-refractivity contribution is -0.164. The highest BCUT2D eigenvalue weighted by Gasteiger charge is 2.46. The van der Waals surface area contributed by atoms with Crippen LogP contribution in [0.2, 0.25) is 0 Å². The SMILES string of the molecule is CC(C)[C@@H]1C(=O)N(C2NCC(Cl)CC2F)CC(=O)N1CC1CCC(Cl)CC1. The van der Waals surface area contributed by atoms with Crippen molar-refractivity contribution >= 4 is 35.0 Å². The monoisotopic (exact) mass is 421 g/mol. The van der Waals surface area contributed by atoms with Crippen LogP contribution in [0.25, 0.3) is 0 Å². The van der Waals surface area contributed by atoms with Crippen molar-refractivity contribution < 1.29 is 14.0 Å². The van der Waals surface area contributed by atoms with Gasteiger partial charge in [-0.15, -0.1) is 23.2 Å². The van der Waals surface area contributed by atoms with E-state index in [9.17, 15) is 14.0 Å². The van der Waals surface area contributed by atoms with Crippen LogP contribution in [0.15, 0.2) is 0 Å². The minimum Gasteiger partial charge on any atom is -0.329 e. The van der Waals surface area contributed by atoms with Gasteiger partial charge in [0.25, 0.3) is 0 Å². The first-order valence-electron chi connectivity index (χ1n) is 10.0. The molecule has 0 spiro atoms. The Labute approximate surface area is 170 Å². The quantitative estimate of drug-likeness (QED) is 0.709. The summed E-state index contributed by atoms with van der Waals surface area (Å²) >= 11 is 12.2. The number of halogens is 3. The Bertz CT molecular complexity index is 557. The Balaban J connectivity index is 1.73. The molecule has 2 heterocycles. The molecule has 27 heavy (non-hydrogen) atoms. The third-order valence-corrected chi connectivity index (χ3v) is 6.84. The topological polar surface area (TPSA) is 52.7 Å². The summed E-state index contributed by atoms with van der Waals surface area (Å²) in [5, 5.41) is 2.95. The summed E-state index contributed by atoms with van der Waals surface area (Å²) < 4.78 is 14.5. The van der Waals surface area contributed by atoms with Crippen molar-refractivity contribution in [2.45, 2.75) is 75.1 Å². The highest BCUT2D eigenvalue weighted by Crippen LogP contribution is 2.31. The van der Waals surface area contributed by atoms with E-state index in [1.807, 2.05) is 13.8 Å². The fourth-order valence-electron chi connectivity index (χ4n) is 4.59. The van der Waals surface area contributed by atoms with Crippen LogP contribution in [0.4, 0.5) is 4.39 Å². The number of hydrogen-bond donors (Lipinski definition) is 1. The van der Waals surface area contributed by atoms with Crippen LogP contribution in [-0.2, 0) is 9.59 Å². The van der Waals surface area contributed by atoms with E-state index in [4.69, 9.17) is 23.2 Å². The van der Waals surface area contributed by atoms with Crippen molar-refractivity contribution in [1.82, 2.24) is 15.1 Å². The first-order chi connectivity index (χ1) is 12.8. The molecule has 0 aromatic heterocycles. The minimum absolute atomic E-state index is 0.0314. The maximum atomic E-state index is 14.5. The Morgan fingerprint density at radius 3 is 2.41 bits per heavy atom. The molecule has 2 saturated heterocycles. The smallest absolute Gasteiger partial charge is 0.247 e. The molecule has 0 bridgehead atoms. The molecule has 5 nitrogen and oxygen atoms in total. The molecule has 2 amide bonds. The van der Waals surface area contributed by atoms with Gasteiger partial charge in [-0.05, 0) is 43.9 Å². The lowest BCUT2D eigenvalue weighted by Crippen LogP contribution is -2.69. The third-order valence-electron chi connectivity index (χ3n) is 6.07. The van der Waals surface area contributed by atoms with Gasteiger partial charge in [0.1, 0.15) is 24.9 Å². The summed E-state index contributed by atoms with van der Waals surface area (Å²) in [5.74, 6) is 0.0893. The predicted molar refractivity (Wildman–Crippen MR) is 105 cm³/mol. The lowest BCUT2D eigenvalue weighted by atomic mass is 9.87. The molecule has 1 N–H and O–H groups in total. The second-order valence-corrected chi connectivity index (χ2v) is 9.76. The van der Waals surface area contributed by atoms with Crippen molar-refractivity contribution in [3.63, 3.8) is 0 Å². The van der Waals surface area contributed by atoms with E-state index < -0.39 is 18.4 Å². The Morgan fingerprint density at radius 1 is 1.15 bits per heavy atom. The molecule has 3 rings (SSSR count). The number of rotatable bonds is 4. The van der Waals surface area contributed by atoms with Crippen LogP contribution in [0.3, 0.4) is 0 Å². The lowest BCUT2D eigenvalue weighted by Gasteiger charge is -2.47. The van der Waals surface area contributed by atoms with Gasteiger partial charge in [0.2, 0.25) is 11.8 Å². The van der Waals surface area contributed by atoms with E-state index in [0.717, 1.165) is 25.7 Å². The number of nitrogens with one attached hydrogen (secondary N) is 1. The van der Waals surface area contributed by atoms with Crippen molar-refractivity contribution in [1.29, 1.82) is 0 Å². The van der Waals surface area contributed by atoms with E-state index in [-0.39, 0.29) is 41.5 Å². The Hall–Kier alpha value is -0.590. The van der Waals surface area contributed by atoms with Crippen LogP contribution in [0.5, 0.6) is 0 Å². The van der Waals surface area contributed by atoms with Gasteiger partial charge in [0.15, 0.2) is 0 Å². The molecule has 2 aliphatic heterocycles. The molecule has 3 aliphatic rings. The van der Waals surface area contributed by atoms with E-state index in [1.54, 1.807) is 4.90 Å². The highest BCUT2D eigenvalue weighted by atomic mass is 35.5. The summed E-state index contributed by atoms with van der Waals surface area (Å²) in [7, 11) is 0. The second kappa shape index (κ2) is 8.83. The van der Waals surface area contributed by atoms with E-state index in [0.29, 0.717) is 19.0 Å². The molecular weight excluding hydrogens is 392 g/mol. The minimum atomic E-state index is -1.27. The number of piperidine rings is 1. The molecule has 1 aliphatic carbocycles. The first-order valence-corrected chi connectivity index (χ1v) is 10.9. The van der Waals surface area contributed by atoms with Gasteiger partial charge in [-0.1, -0.05) is 13.8 Å². The Kier molecular flexibility index (Phi) is 6.91. The molecule has 0 radical (unpaired) electrons. The maximum absolute atomic E-state index is 14.5. The van der Waals surface area contributed by atoms with Gasteiger partial charge in [-0.2, -0.15) is 0 Å². The zero-order chi connectivity index (χ0) is 19.7. The van der Waals surface area contributed by atoms with Crippen LogP contribution in [-0.4, -0.2) is 70.4 Å². The van der Waals surface area contributed by atoms with Gasteiger partial charge in [0.05, 0.1) is 0 Å². The summed E-state index contributed by atoms with van der Waals surface area (Å²) in [6.45, 7) is 4.84. The van der Waals surface area contributed by atoms with Crippen molar-refractivity contribution in [3.8, 4) is 0 Å². The number of nitrogens with zero attached hydrogens (tertiary/aromatic N) is 2. The highest BCUT2D eigenvalue weighted by molar-refractivity contribution is 6.21. The van der Waals surface area contributed by atoms with Gasteiger partial charge >= 0.3 is 0 Å². The van der Waals surface area contributed by atoms with Gasteiger partial charge in [0, 0.05) is 23.8 Å². The molecule has 4 atom stereocenters. The number of amides is 2. The van der Waals surface area contributed by atoms with Gasteiger partial charge < -0.3 is 9.80 Å². The summed E-state index contributed by atoms with van der Waals surface area (Å²) in [6.07, 6.45) is 2.02. The first kappa shape index (κ1) is 21.1. The number of hydrogen-bond acceptors (Lipinski definition) is 3. The number of carbonyl (C=O) groups excluding carboxylic acids is 2. The summed E-state index contributed by atoms with van der Waals surface area (Å²) in [6, 6.07) is -0.539. The summed E-state index contributed by atoms with van der Waals surface area (Å²) in [4.78, 5) is 29.3. The fourth-order valence-corrected chi connectivity index (χ4v) is 5.10. The number of piperazine rings is 1. The van der Waals surface area contributed by atoms with Gasteiger partial charge in [-0.25, -0.2) is 4.39 Å². The van der Waals surface area contributed by atoms with E-state index in [2.05, 4.69) is 5.32 Å². The van der Waals surface area contributed by atoms with Crippen LogP contribution in [0, 0.1) is 11.8 Å². The van der Waals surface area contributed by atoms with E-state index >= 15 is 0 Å². The molecule has 3 fully saturated rings. The Morgan fingerprint density at radius 2 is 1.81 bits per heavy atom. The zero-order valence-electron chi connectivity index (χ0n) is 16.0. The fraction of sp³-hybridized carbons (Fsp3) is 0.895. The normalized spacial score (nSPS) is 38.6. The predicted octanol–water partition coefficient (Wildman–Crippen LogP) is 2.74. The molecular formula is C19H30Cl2FN3O2. The van der Waals surface area contributed by atoms with E-state index in [1.165, 1.54) is 4.90 Å². The number of carbonyl (C=O) groups is 2. The average Bonchev–Trinajstić information content (AvgIpc) is 2.60. The molecule has 1 saturated carbocycles. The van der Waals surface area contributed by atoms with Crippen LogP contribution >= 0.6 is 23.2 Å². The maximum Gasteiger partial charge on any atom is 0.247 e. The second-order valence-electron chi connectivity index (χ2n) is 8.52. The molecule has 0 aromatic carbocycles. The van der Waals surface area contributed by atoms with Crippen LogP contribution in [0.1, 0.15) is 46.0 Å². The molecule has 3 unspecified atom stereocenters.